The van der Waals surface area contributed by atoms with E-state index in [4.69, 9.17) is 19.9 Å². The van der Waals surface area contributed by atoms with Gasteiger partial charge >= 0.3 is 0 Å². The van der Waals surface area contributed by atoms with Crippen molar-refractivity contribution in [1.82, 2.24) is 38.2 Å². The Labute approximate surface area is 700 Å². The fourth-order valence-corrected chi connectivity index (χ4v) is 16.2. The zero-order valence-corrected chi connectivity index (χ0v) is 76.4. The molecule has 0 N–H and O–H groups in total. The van der Waals surface area contributed by atoms with Gasteiger partial charge < -0.3 is 0 Å². The molecule has 12 heterocycles. The molecule has 12 nitrogen and oxygen atoms in total. The van der Waals surface area contributed by atoms with Crippen LogP contribution in [0.5, 0.6) is 0 Å². The average Bonchev–Trinajstić information content (AvgIpc) is 1.57. The molecule has 0 saturated carbocycles. The molecule has 22 rings (SSSR count). The normalized spacial score (nSPS) is 14.0. The van der Waals surface area contributed by atoms with Crippen LogP contribution in [0.1, 0.15) is 244 Å². The highest BCUT2D eigenvalue weighted by Crippen LogP contribution is 2.51. The van der Waals surface area contributed by atoms with Crippen LogP contribution in [-0.2, 0) is 5.41 Å². The summed E-state index contributed by atoms with van der Waals surface area (Å²) in [7, 11) is 0. The lowest BCUT2D eigenvalue weighted by Gasteiger charge is -2.21. The first-order valence-corrected chi connectivity index (χ1v) is 44.4. The van der Waals surface area contributed by atoms with E-state index in [9.17, 15) is 0 Å². The molecule has 4 aliphatic heterocycles. The second-order valence-electron chi connectivity index (χ2n) is 25.9. The van der Waals surface area contributed by atoms with Crippen LogP contribution >= 0.6 is 0 Å². The van der Waals surface area contributed by atoms with Gasteiger partial charge in [0.05, 0.1) is 44.1 Å². The van der Waals surface area contributed by atoms with E-state index in [0.717, 1.165) is 45.4 Å². The zero-order chi connectivity index (χ0) is 86.1. The second kappa shape index (κ2) is 43.5. The molecule has 0 fully saturated rings. The summed E-state index contributed by atoms with van der Waals surface area (Å²) < 4.78 is 18.6. The van der Waals surface area contributed by atoms with Crippen LogP contribution in [0.15, 0.2) is 255 Å². The maximum absolute atomic E-state index is 5.11. The molecular weight excluding hydrogens is 1430 g/mol. The highest BCUT2D eigenvalue weighted by atomic mass is 15.3. The number of hydrogen-bond donors (Lipinski definition) is 0. The minimum Gasteiger partial charge on any atom is -0.259 e. The van der Waals surface area contributed by atoms with E-state index in [0.29, 0.717) is 0 Å². The molecule has 0 spiro atoms. The molecule has 0 amide bonds. The van der Waals surface area contributed by atoms with E-state index in [-0.39, 0.29) is 30.1 Å². The van der Waals surface area contributed by atoms with Crippen molar-refractivity contribution < 1.29 is 18.3 Å². The summed E-state index contributed by atoms with van der Waals surface area (Å²) in [6, 6.07) is 81.7. The molecule has 17 aromatic rings. The Hall–Kier alpha value is -11.5. The van der Waals surface area contributed by atoms with Crippen LogP contribution in [-0.4, -0.2) is 38.2 Å². The highest BCUT2D eigenvalue weighted by molar-refractivity contribution is 6.24. The summed E-state index contributed by atoms with van der Waals surface area (Å²) in [4.78, 5) is 20.0. The van der Waals surface area contributed by atoms with Gasteiger partial charge in [0.1, 0.15) is 0 Å². The van der Waals surface area contributed by atoms with Crippen molar-refractivity contribution in [3.8, 4) is 57.2 Å². The number of fused-ring (bicyclic) bond motifs is 31. The van der Waals surface area contributed by atoms with Crippen LogP contribution in [0.4, 0.5) is 0 Å². The van der Waals surface area contributed by atoms with E-state index in [1.807, 2.05) is 166 Å². The molecule has 12 heteroatoms. The van der Waals surface area contributed by atoms with Gasteiger partial charge in [0.2, 0.25) is 48.0 Å². The molecule has 4 unspecified atom stereocenters. The third kappa shape index (κ3) is 16.7. The van der Waals surface area contributed by atoms with Gasteiger partial charge in [-0.2, -0.15) is 18.3 Å². The summed E-state index contributed by atoms with van der Waals surface area (Å²) >= 11 is 0. The maximum atomic E-state index is 5.11. The largest absolute Gasteiger partial charge is 0.259 e. The number of aromatic nitrogens is 12. The predicted octanol–water partition coefficient (Wildman–Crippen LogP) is 28.7. The first-order chi connectivity index (χ1) is 57.6. The first kappa shape index (κ1) is 92.7. The van der Waals surface area contributed by atoms with Crippen molar-refractivity contribution in [2.24, 2.45) is 0 Å². The van der Waals surface area contributed by atoms with Gasteiger partial charge in [-0.25, -0.2) is 19.9 Å². The Morgan fingerprint density at radius 2 is 0.590 bits per heavy atom. The quantitative estimate of drug-likeness (QED) is 0.112. The lowest BCUT2D eigenvalue weighted by atomic mass is 9.82. The Morgan fingerprint density at radius 3 is 1.07 bits per heavy atom. The third-order valence-electron chi connectivity index (χ3n) is 20.7. The van der Waals surface area contributed by atoms with Gasteiger partial charge in [0.15, 0.2) is 24.8 Å². The van der Waals surface area contributed by atoms with Crippen LogP contribution in [0, 0.1) is 0 Å². The summed E-state index contributed by atoms with van der Waals surface area (Å²) in [6.45, 7) is 61.6. The van der Waals surface area contributed by atoms with Crippen LogP contribution in [0.25, 0.3) is 144 Å². The molecule has 9 aromatic carbocycles. The third-order valence-corrected chi connectivity index (χ3v) is 20.7. The van der Waals surface area contributed by atoms with Gasteiger partial charge in [-0.3, -0.25) is 18.3 Å². The Bertz CT molecular complexity index is 6030. The number of benzene rings is 9. The Balaban J connectivity index is 0.000000199. The number of hydrogen-bond acceptors (Lipinski definition) is 4. The smallest absolute Gasteiger partial charge is 0.250 e. The van der Waals surface area contributed by atoms with E-state index < -0.39 is 0 Å². The van der Waals surface area contributed by atoms with Crippen molar-refractivity contribution >= 4 is 87.2 Å². The maximum Gasteiger partial charge on any atom is 0.250 e. The van der Waals surface area contributed by atoms with Crippen molar-refractivity contribution in [2.45, 2.75) is 238 Å². The Morgan fingerprint density at radius 1 is 0.256 bits per heavy atom. The van der Waals surface area contributed by atoms with E-state index in [2.05, 4.69) is 333 Å². The van der Waals surface area contributed by atoms with Crippen molar-refractivity contribution in [1.29, 1.82) is 0 Å². The van der Waals surface area contributed by atoms with Gasteiger partial charge in [0, 0.05) is 97.8 Å². The van der Waals surface area contributed by atoms with Crippen molar-refractivity contribution in [2.75, 3.05) is 0 Å². The summed E-state index contributed by atoms with van der Waals surface area (Å²) in [5, 5.41) is 10.1. The second-order valence-corrected chi connectivity index (χ2v) is 25.9. The van der Waals surface area contributed by atoms with Gasteiger partial charge in [-0.05, 0) is 104 Å². The van der Waals surface area contributed by atoms with Crippen LogP contribution in [0.3, 0.4) is 0 Å². The number of imidazole rings is 4. The minimum atomic E-state index is 0.0205. The van der Waals surface area contributed by atoms with Gasteiger partial charge in [-0.15, -0.1) is 0 Å². The molecule has 8 aromatic heterocycles. The van der Waals surface area contributed by atoms with Crippen LogP contribution < -0.4 is 18.3 Å². The molecule has 117 heavy (non-hydrogen) atoms. The Kier molecular flexibility index (Phi) is 34.4. The molecule has 0 saturated heterocycles. The summed E-state index contributed by atoms with van der Waals surface area (Å²) in [6.07, 6.45) is 9.54. The molecular formula is C105H136N12+4. The number of nitrogens with zero attached hydrogens (tertiary/aromatic N) is 12. The monoisotopic (exact) mass is 1570 g/mol. The lowest BCUT2D eigenvalue weighted by Crippen LogP contribution is -2.37. The predicted molar refractivity (Wildman–Crippen MR) is 506 cm³/mol. The van der Waals surface area contributed by atoms with E-state index in [1.54, 1.807) is 0 Å². The molecule has 4 atom stereocenters. The fraction of sp³-hybridized carbons (Fsp3) is 0.333. The molecule has 612 valence electrons. The van der Waals surface area contributed by atoms with Gasteiger partial charge in [0.25, 0.3) is 22.8 Å². The van der Waals surface area contributed by atoms with E-state index >= 15 is 0 Å². The van der Waals surface area contributed by atoms with Crippen molar-refractivity contribution in [3.63, 3.8) is 0 Å². The highest BCUT2D eigenvalue weighted by Gasteiger charge is 2.42. The molecule has 0 radical (unpaired) electrons. The zero-order valence-electron chi connectivity index (χ0n) is 76.4. The number of rotatable bonds is 0. The van der Waals surface area contributed by atoms with Crippen molar-refractivity contribution in [3.05, 3.63) is 266 Å². The standard InChI is InChI=1S/C23H20N3.C22H16N3.2C18H14N3.12C2H6/c1-14-25-11-7-6-10-20(25)22-24-19-12-16-15-8-4-5-9-17(15)23(2,3)18(16)13-21(19)26(14)22;1-14-24-13-7-6-12-19(24)22-23-20-17-10-4-2-8-15(17)16-9-3-5-11-18(16)21(20)25(14)22;1-12-20-11-5-4-8-16(20)18-19-17-14-7-3-2-6-13(14)9-10-15(17)21(12)18;1-12-20-9-5-4-8-16(20)18-19-15-10-13-6-2-3-7-14(13)11-17(15)21(12)18;12*1-2/h4-14H,1-3H3;2-14H,1H3;2*2-12H,1H3;12*1-2H3/q4*+1;;;;;;;;;;;;. The fourth-order valence-electron chi connectivity index (χ4n) is 16.2. The lowest BCUT2D eigenvalue weighted by molar-refractivity contribution is -0.706. The minimum absolute atomic E-state index is 0.0205. The summed E-state index contributed by atoms with van der Waals surface area (Å²) in [5.41, 5.74) is 19.5. The van der Waals surface area contributed by atoms with E-state index in [1.165, 1.54) is 110 Å². The topological polar surface area (TPSA) is 86.8 Å². The van der Waals surface area contributed by atoms with Crippen LogP contribution in [0.2, 0.25) is 0 Å². The number of pyridine rings is 4. The molecule has 5 aliphatic rings. The van der Waals surface area contributed by atoms with Gasteiger partial charge in [-0.1, -0.05) is 307 Å². The molecule has 0 bridgehead atoms. The average molecular weight is 1570 g/mol. The SMILES string of the molecule is CC.CC.CC.CC.CC.CC.CC.CC.CC.CC.CC.CC.CC1n2c(nc3c4ccccc4c4ccccc4c32)-c2cccc[n+]21.CC1n2c(nc3c4ccccc4ccc32)-c2cccc[n+]21.CC1n2c(nc3cc4c(cc32)C(C)(C)c2ccccc2-4)-c2cccc[n+]21.CC1n2c(nc3cc4ccccc4cc32)-c2cccc[n+]21. The molecule has 1 aliphatic carbocycles. The first-order valence-electron chi connectivity index (χ1n) is 44.4. The summed E-state index contributed by atoms with van der Waals surface area (Å²) in [5.74, 6) is 4.26.